The second kappa shape index (κ2) is 7.43. The lowest BCUT2D eigenvalue weighted by molar-refractivity contribution is 0.332. The van der Waals surface area contributed by atoms with Gasteiger partial charge in [-0.15, -0.1) is 0 Å². The predicted octanol–water partition coefficient (Wildman–Crippen LogP) is 6.78. The van der Waals surface area contributed by atoms with Gasteiger partial charge in [0.25, 0.3) is 0 Å². The minimum Gasteiger partial charge on any atom is -0.223 e. The SMILES string of the molecule is CC(=Cc1ccc(S(=O)(=O)C(C)C)cc1)c1ccc2c(c1)C(C)(C)CCC2(C)C. The summed E-state index contributed by atoms with van der Waals surface area (Å²) in [6, 6.07) is 14.1. The number of benzene rings is 2. The van der Waals surface area contributed by atoms with Crippen molar-refractivity contribution in [2.24, 2.45) is 0 Å². The maximum atomic E-state index is 12.3. The Hall–Kier alpha value is -1.87. The highest BCUT2D eigenvalue weighted by Crippen LogP contribution is 2.46. The van der Waals surface area contributed by atoms with Crippen LogP contribution in [0.1, 0.15) is 83.6 Å². The standard InChI is InChI=1S/C26H34O2S/c1-18(2)29(27,28)22-11-8-20(9-12-22)16-19(3)21-10-13-23-24(17-21)26(6,7)15-14-25(23,4)5/h8-13,16-18H,14-15H2,1-7H3. The largest absolute Gasteiger partial charge is 0.223 e. The second-order valence-electron chi connectivity index (χ2n) is 10.0. The number of rotatable bonds is 4. The minimum atomic E-state index is -3.23. The van der Waals surface area contributed by atoms with Crippen LogP contribution >= 0.6 is 0 Å². The second-order valence-corrected chi connectivity index (χ2v) is 12.5. The Kier molecular flexibility index (Phi) is 5.59. The monoisotopic (exact) mass is 410 g/mol. The zero-order chi connectivity index (χ0) is 21.6. The van der Waals surface area contributed by atoms with Crippen molar-refractivity contribution in [3.63, 3.8) is 0 Å². The van der Waals surface area contributed by atoms with E-state index in [0.29, 0.717) is 4.90 Å². The highest BCUT2D eigenvalue weighted by Gasteiger charge is 2.36. The van der Waals surface area contributed by atoms with Crippen molar-refractivity contribution in [3.8, 4) is 0 Å². The van der Waals surface area contributed by atoms with Crippen LogP contribution in [0.5, 0.6) is 0 Å². The van der Waals surface area contributed by atoms with Crippen molar-refractivity contribution >= 4 is 21.5 Å². The number of allylic oxidation sites excluding steroid dienone is 1. The van der Waals surface area contributed by atoms with Crippen molar-refractivity contribution in [1.29, 1.82) is 0 Å². The fraction of sp³-hybridized carbons (Fsp3) is 0.462. The van der Waals surface area contributed by atoms with Crippen molar-refractivity contribution in [2.75, 3.05) is 0 Å². The highest BCUT2D eigenvalue weighted by molar-refractivity contribution is 7.92. The first-order valence-corrected chi connectivity index (χ1v) is 12.1. The highest BCUT2D eigenvalue weighted by atomic mass is 32.2. The average molecular weight is 411 g/mol. The van der Waals surface area contributed by atoms with E-state index in [1.54, 1.807) is 26.0 Å². The summed E-state index contributed by atoms with van der Waals surface area (Å²) < 4.78 is 24.6. The fourth-order valence-corrected chi connectivity index (χ4v) is 5.25. The summed E-state index contributed by atoms with van der Waals surface area (Å²) in [4.78, 5) is 0.389. The molecule has 0 unspecified atom stereocenters. The molecule has 0 aromatic heterocycles. The van der Waals surface area contributed by atoms with Crippen molar-refractivity contribution in [3.05, 3.63) is 64.7 Å². The third kappa shape index (κ3) is 4.21. The van der Waals surface area contributed by atoms with Gasteiger partial charge < -0.3 is 0 Å². The van der Waals surface area contributed by atoms with Crippen LogP contribution in [0.15, 0.2) is 47.4 Å². The Morgan fingerprint density at radius 3 is 2.00 bits per heavy atom. The van der Waals surface area contributed by atoms with Gasteiger partial charge in [0.2, 0.25) is 0 Å². The Morgan fingerprint density at radius 2 is 1.45 bits per heavy atom. The van der Waals surface area contributed by atoms with Crippen LogP contribution in [0.4, 0.5) is 0 Å². The molecule has 0 N–H and O–H groups in total. The molecular weight excluding hydrogens is 376 g/mol. The van der Waals surface area contributed by atoms with Gasteiger partial charge in [0.05, 0.1) is 10.1 Å². The molecule has 0 spiro atoms. The smallest absolute Gasteiger partial charge is 0.180 e. The van der Waals surface area contributed by atoms with Gasteiger partial charge in [-0.25, -0.2) is 8.42 Å². The van der Waals surface area contributed by atoms with E-state index in [9.17, 15) is 8.42 Å². The molecule has 0 amide bonds. The molecule has 0 heterocycles. The number of hydrogen-bond donors (Lipinski definition) is 0. The third-order valence-electron chi connectivity index (χ3n) is 6.52. The third-order valence-corrected chi connectivity index (χ3v) is 8.69. The molecule has 3 rings (SSSR count). The Labute approximate surface area is 177 Å². The van der Waals surface area contributed by atoms with E-state index in [1.165, 1.54) is 35.1 Å². The minimum absolute atomic E-state index is 0.188. The summed E-state index contributed by atoms with van der Waals surface area (Å²) in [5.41, 5.74) is 6.76. The van der Waals surface area contributed by atoms with E-state index < -0.39 is 15.1 Å². The van der Waals surface area contributed by atoms with Crippen LogP contribution in [0.3, 0.4) is 0 Å². The lowest BCUT2D eigenvalue weighted by Gasteiger charge is -2.42. The van der Waals surface area contributed by atoms with Gasteiger partial charge in [-0.3, -0.25) is 0 Å². The molecule has 3 heteroatoms. The number of sulfone groups is 1. The molecule has 1 aliphatic rings. The first-order valence-electron chi connectivity index (χ1n) is 10.5. The zero-order valence-corrected chi connectivity index (χ0v) is 19.7. The number of fused-ring (bicyclic) bond motifs is 1. The molecule has 2 aromatic carbocycles. The molecule has 2 nitrogen and oxygen atoms in total. The quantitative estimate of drug-likeness (QED) is 0.521. The Bertz CT molecular complexity index is 1040. The van der Waals surface area contributed by atoms with E-state index in [1.807, 2.05) is 12.1 Å². The molecule has 0 fully saturated rings. The van der Waals surface area contributed by atoms with Crippen molar-refractivity contribution in [1.82, 2.24) is 0 Å². The first kappa shape index (κ1) is 21.8. The lowest BCUT2D eigenvalue weighted by Crippen LogP contribution is -2.33. The summed E-state index contributed by atoms with van der Waals surface area (Å²) in [5, 5.41) is -0.409. The molecule has 2 aromatic rings. The van der Waals surface area contributed by atoms with Crippen LogP contribution in [-0.4, -0.2) is 13.7 Å². The zero-order valence-electron chi connectivity index (χ0n) is 18.8. The molecule has 0 saturated heterocycles. The molecule has 0 aliphatic heterocycles. The van der Waals surface area contributed by atoms with Gasteiger partial charge in [0.1, 0.15) is 0 Å². The van der Waals surface area contributed by atoms with Gasteiger partial charge >= 0.3 is 0 Å². The Balaban J connectivity index is 1.95. The van der Waals surface area contributed by atoms with Gasteiger partial charge in [0.15, 0.2) is 9.84 Å². The van der Waals surface area contributed by atoms with Gasteiger partial charge in [-0.1, -0.05) is 64.1 Å². The normalized spacial score (nSPS) is 18.6. The van der Waals surface area contributed by atoms with E-state index in [-0.39, 0.29) is 10.8 Å². The average Bonchev–Trinajstić information content (AvgIpc) is 2.65. The molecule has 0 bridgehead atoms. The van der Waals surface area contributed by atoms with Crippen molar-refractivity contribution < 1.29 is 8.42 Å². The van der Waals surface area contributed by atoms with Gasteiger partial charge in [-0.05, 0) is 84.4 Å². The van der Waals surface area contributed by atoms with Crippen molar-refractivity contribution in [2.45, 2.75) is 82.3 Å². The molecule has 0 saturated carbocycles. The summed E-state index contributed by atoms with van der Waals surface area (Å²) in [6.07, 6.45) is 4.55. The van der Waals surface area contributed by atoms with Crippen LogP contribution in [0.2, 0.25) is 0 Å². The summed E-state index contributed by atoms with van der Waals surface area (Å²) in [6.45, 7) is 14.9. The molecule has 0 atom stereocenters. The molecule has 1 aliphatic carbocycles. The summed E-state index contributed by atoms with van der Waals surface area (Å²) >= 11 is 0. The molecule has 29 heavy (non-hydrogen) atoms. The van der Waals surface area contributed by atoms with E-state index in [4.69, 9.17) is 0 Å². The van der Waals surface area contributed by atoms with Crippen LogP contribution in [0.25, 0.3) is 11.6 Å². The Morgan fingerprint density at radius 1 is 0.897 bits per heavy atom. The van der Waals surface area contributed by atoms with E-state index in [0.717, 1.165) is 5.56 Å². The molecule has 0 radical (unpaired) electrons. The van der Waals surface area contributed by atoms with Gasteiger partial charge in [-0.2, -0.15) is 0 Å². The summed E-state index contributed by atoms with van der Waals surface area (Å²) in [7, 11) is -3.23. The van der Waals surface area contributed by atoms with Crippen LogP contribution in [0, 0.1) is 0 Å². The van der Waals surface area contributed by atoms with Crippen LogP contribution < -0.4 is 0 Å². The molecular formula is C26H34O2S. The maximum absolute atomic E-state index is 12.3. The molecule has 156 valence electrons. The lowest BCUT2D eigenvalue weighted by atomic mass is 9.63. The van der Waals surface area contributed by atoms with Gasteiger partial charge in [0, 0.05) is 0 Å². The first-order chi connectivity index (χ1) is 13.3. The van der Waals surface area contributed by atoms with E-state index >= 15 is 0 Å². The topological polar surface area (TPSA) is 34.1 Å². The van der Waals surface area contributed by atoms with Crippen LogP contribution in [-0.2, 0) is 20.7 Å². The van der Waals surface area contributed by atoms with E-state index in [2.05, 4.69) is 58.9 Å². The summed E-state index contributed by atoms with van der Waals surface area (Å²) in [5.74, 6) is 0. The fourth-order valence-electron chi connectivity index (χ4n) is 4.19. The number of hydrogen-bond acceptors (Lipinski definition) is 2. The maximum Gasteiger partial charge on any atom is 0.180 e. The predicted molar refractivity (Wildman–Crippen MR) is 124 cm³/mol.